The first-order valence-electron chi connectivity index (χ1n) is 17.0. The Bertz CT molecular complexity index is 2420. The van der Waals surface area contributed by atoms with E-state index in [9.17, 15) is 0 Å². The Balaban J connectivity index is 1.48. The van der Waals surface area contributed by atoms with Crippen molar-refractivity contribution in [2.45, 2.75) is 44.4 Å². The van der Waals surface area contributed by atoms with Crippen molar-refractivity contribution in [1.29, 1.82) is 0 Å². The summed E-state index contributed by atoms with van der Waals surface area (Å²) in [6.45, 7) is 13.9. The number of fused-ring (bicyclic) bond motifs is 12. The van der Waals surface area contributed by atoms with E-state index in [2.05, 4.69) is 179 Å². The Kier molecular flexibility index (Phi) is 6.14. The lowest BCUT2D eigenvalue weighted by atomic mass is 9.76. The van der Waals surface area contributed by atoms with Gasteiger partial charge in [0.1, 0.15) is 5.82 Å². The molecule has 1 heterocycles. The molecule has 0 spiro atoms. The molecule has 0 N–H and O–H groups in total. The van der Waals surface area contributed by atoms with Crippen LogP contribution in [0.5, 0.6) is 0 Å². The van der Waals surface area contributed by atoms with Crippen molar-refractivity contribution >= 4 is 34.3 Å². The Morgan fingerprint density at radius 1 is 0.604 bits per heavy atom. The van der Waals surface area contributed by atoms with Gasteiger partial charge < -0.3 is 0 Å². The second-order valence-electron chi connectivity index (χ2n) is 14.4. The van der Waals surface area contributed by atoms with Gasteiger partial charge in [-0.05, 0) is 74.5 Å². The molecule has 2 heteroatoms. The third-order valence-electron chi connectivity index (χ3n) is 11.1. The highest BCUT2D eigenvalue weighted by Gasteiger charge is 2.47. The monoisotopic (exact) mass is 618 g/mol. The maximum Gasteiger partial charge on any atom is 0.133 e. The van der Waals surface area contributed by atoms with E-state index in [1.807, 2.05) is 0 Å². The summed E-state index contributed by atoms with van der Waals surface area (Å²) in [5.74, 6) is 0.846. The number of aliphatic imine (C=N–C) groups is 1. The Labute approximate surface area is 282 Å². The molecule has 2 aliphatic rings. The van der Waals surface area contributed by atoms with Crippen molar-refractivity contribution in [3.8, 4) is 22.3 Å². The predicted octanol–water partition coefficient (Wildman–Crippen LogP) is 11.7. The summed E-state index contributed by atoms with van der Waals surface area (Å²) in [5, 5.41) is 2.58. The molecule has 0 aliphatic heterocycles. The summed E-state index contributed by atoms with van der Waals surface area (Å²) in [4.78, 5) is 4.89. The van der Waals surface area contributed by atoms with Gasteiger partial charge in [0.05, 0.1) is 11.0 Å². The van der Waals surface area contributed by atoms with Crippen molar-refractivity contribution in [3.63, 3.8) is 0 Å². The van der Waals surface area contributed by atoms with Crippen LogP contribution in [-0.2, 0) is 10.8 Å². The number of rotatable bonds is 5. The minimum absolute atomic E-state index is 0.00232. The minimum Gasteiger partial charge on any atom is -0.294 e. The van der Waals surface area contributed by atoms with Crippen LogP contribution in [-0.4, -0.2) is 11.3 Å². The smallest absolute Gasteiger partial charge is 0.133 e. The van der Waals surface area contributed by atoms with E-state index in [1.165, 1.54) is 71.9 Å². The number of para-hydroxylation sites is 1. The van der Waals surface area contributed by atoms with E-state index in [0.29, 0.717) is 0 Å². The summed E-state index contributed by atoms with van der Waals surface area (Å²) in [6.07, 6.45) is 2.32. The SMILES string of the molecule is C=N/C(=C\C(c1ccccc1)c1ccccc1)n1c2ccccc2c2c3c(c4c(c21)C(C)(C)c1ccccc1-4)-c1ccccc1C3(C)C. The molecule has 2 nitrogen and oxygen atoms in total. The van der Waals surface area contributed by atoms with Gasteiger partial charge in [-0.2, -0.15) is 0 Å². The van der Waals surface area contributed by atoms with Crippen LogP contribution in [0.2, 0.25) is 0 Å². The summed E-state index contributed by atoms with van der Waals surface area (Å²) in [5.41, 5.74) is 15.4. The lowest BCUT2D eigenvalue weighted by molar-refractivity contribution is 0.658. The number of hydrogen-bond acceptors (Lipinski definition) is 1. The highest BCUT2D eigenvalue weighted by Crippen LogP contribution is 2.63. The number of allylic oxidation sites excluding steroid dienone is 1. The molecule has 7 aromatic rings. The summed E-state index contributed by atoms with van der Waals surface area (Å²) >= 11 is 0. The first kappa shape index (κ1) is 28.7. The summed E-state index contributed by atoms with van der Waals surface area (Å²) < 4.78 is 2.43. The highest BCUT2D eigenvalue weighted by atomic mass is 15.1. The number of aromatic nitrogens is 1. The zero-order valence-corrected chi connectivity index (χ0v) is 28.0. The minimum atomic E-state index is -0.239. The third kappa shape index (κ3) is 3.77. The fourth-order valence-corrected chi connectivity index (χ4v) is 9.05. The van der Waals surface area contributed by atoms with Crippen molar-refractivity contribution < 1.29 is 0 Å². The van der Waals surface area contributed by atoms with Gasteiger partial charge in [-0.3, -0.25) is 4.57 Å². The van der Waals surface area contributed by atoms with Gasteiger partial charge in [0.15, 0.2) is 0 Å². The first-order chi connectivity index (χ1) is 23.3. The van der Waals surface area contributed by atoms with Gasteiger partial charge >= 0.3 is 0 Å². The number of nitrogens with zero attached hydrogens (tertiary/aromatic N) is 2. The fourth-order valence-electron chi connectivity index (χ4n) is 9.05. The van der Waals surface area contributed by atoms with Gasteiger partial charge in [0.25, 0.3) is 0 Å². The molecule has 9 rings (SSSR count). The van der Waals surface area contributed by atoms with Crippen LogP contribution < -0.4 is 0 Å². The summed E-state index contributed by atoms with van der Waals surface area (Å²) in [6, 6.07) is 48.5. The van der Waals surface area contributed by atoms with Crippen LogP contribution in [0.25, 0.3) is 49.9 Å². The average molecular weight is 619 g/mol. The van der Waals surface area contributed by atoms with Crippen LogP contribution in [0.1, 0.15) is 67.0 Å². The maximum absolute atomic E-state index is 4.89. The molecule has 2 aliphatic carbocycles. The molecule has 6 aromatic carbocycles. The largest absolute Gasteiger partial charge is 0.294 e. The normalized spacial score (nSPS) is 15.4. The third-order valence-corrected chi connectivity index (χ3v) is 11.1. The van der Waals surface area contributed by atoms with Crippen molar-refractivity contribution in [2.75, 3.05) is 0 Å². The van der Waals surface area contributed by atoms with Gasteiger partial charge in [-0.25, -0.2) is 4.99 Å². The highest BCUT2D eigenvalue weighted by molar-refractivity contribution is 6.20. The number of benzene rings is 6. The van der Waals surface area contributed by atoms with Gasteiger partial charge in [-0.15, -0.1) is 0 Å². The van der Waals surface area contributed by atoms with Crippen molar-refractivity contribution in [3.05, 3.63) is 173 Å². The first-order valence-corrected chi connectivity index (χ1v) is 17.0. The van der Waals surface area contributed by atoms with Crippen LogP contribution in [0.15, 0.2) is 145 Å². The van der Waals surface area contributed by atoms with E-state index < -0.39 is 0 Å². The second kappa shape index (κ2) is 10.3. The zero-order valence-electron chi connectivity index (χ0n) is 28.0. The molecule has 232 valence electrons. The van der Waals surface area contributed by atoms with Gasteiger partial charge in [0.2, 0.25) is 0 Å². The molecular formula is C46H38N2. The van der Waals surface area contributed by atoms with E-state index in [1.54, 1.807) is 0 Å². The maximum atomic E-state index is 4.89. The molecule has 0 saturated heterocycles. The van der Waals surface area contributed by atoms with E-state index >= 15 is 0 Å². The molecule has 0 amide bonds. The lowest BCUT2D eigenvalue weighted by Gasteiger charge is -2.27. The fraction of sp³-hybridized carbons (Fsp3) is 0.152. The molecule has 48 heavy (non-hydrogen) atoms. The average Bonchev–Trinajstić information content (AvgIpc) is 3.67. The molecule has 0 atom stereocenters. The van der Waals surface area contributed by atoms with E-state index in [-0.39, 0.29) is 16.7 Å². The van der Waals surface area contributed by atoms with Crippen LogP contribution in [0.3, 0.4) is 0 Å². The molecule has 0 radical (unpaired) electrons. The van der Waals surface area contributed by atoms with Crippen LogP contribution in [0.4, 0.5) is 0 Å². The molecule has 0 fully saturated rings. The molecule has 0 bridgehead atoms. The van der Waals surface area contributed by atoms with Crippen molar-refractivity contribution in [1.82, 2.24) is 4.57 Å². The van der Waals surface area contributed by atoms with Gasteiger partial charge in [-0.1, -0.05) is 155 Å². The van der Waals surface area contributed by atoms with Crippen LogP contribution >= 0.6 is 0 Å². The Morgan fingerprint density at radius 3 is 1.67 bits per heavy atom. The lowest BCUT2D eigenvalue weighted by Crippen LogP contribution is -2.19. The zero-order chi connectivity index (χ0) is 32.8. The molecule has 1 aromatic heterocycles. The predicted molar refractivity (Wildman–Crippen MR) is 203 cm³/mol. The number of hydrogen-bond donors (Lipinski definition) is 0. The Hall–Kier alpha value is -5.47. The molecule has 0 saturated carbocycles. The molecule has 0 unspecified atom stereocenters. The molecular weight excluding hydrogens is 581 g/mol. The topological polar surface area (TPSA) is 17.3 Å². The Morgan fingerprint density at radius 2 is 1.08 bits per heavy atom. The van der Waals surface area contributed by atoms with Gasteiger partial charge in [0, 0.05) is 27.5 Å². The quantitative estimate of drug-likeness (QED) is 0.171. The standard InChI is InChI=1S/C46H38N2/c1-45(2)35-25-15-12-22-31(35)39-40-32-23-13-16-26-36(32)46(3,4)43(40)44-41(42(39)45)33-24-14-17-27-37(33)48(44)38(47-5)28-34(29-18-8-6-9-19-29)30-20-10-7-11-21-30/h6-28,34H,5H2,1-4H3/b38-28+. The summed E-state index contributed by atoms with van der Waals surface area (Å²) in [7, 11) is 0. The second-order valence-corrected chi connectivity index (χ2v) is 14.4. The van der Waals surface area contributed by atoms with Crippen LogP contribution in [0, 0.1) is 0 Å². The van der Waals surface area contributed by atoms with E-state index in [0.717, 1.165) is 11.3 Å². The van der Waals surface area contributed by atoms with E-state index in [4.69, 9.17) is 4.99 Å². The van der Waals surface area contributed by atoms with Crippen molar-refractivity contribution in [2.24, 2.45) is 4.99 Å².